The average Bonchev–Trinajstić information content (AvgIpc) is 2.95. The number of carboxylic acid groups (broad SMARTS) is 1. The molecule has 0 aromatic rings. The van der Waals surface area contributed by atoms with Crippen molar-refractivity contribution < 1.29 is 14.7 Å². The van der Waals surface area contributed by atoms with Crippen LogP contribution in [0.1, 0.15) is 52.9 Å². The van der Waals surface area contributed by atoms with Crippen LogP contribution >= 0.6 is 0 Å². The predicted molar refractivity (Wildman–Crippen MR) is 76.5 cm³/mol. The van der Waals surface area contributed by atoms with E-state index in [1.54, 1.807) is 4.90 Å². The van der Waals surface area contributed by atoms with Crippen LogP contribution < -0.4 is 5.32 Å². The molecule has 0 aromatic carbocycles. The number of aliphatic carboxylic acids is 1. The van der Waals surface area contributed by atoms with Gasteiger partial charge in [-0.1, -0.05) is 27.2 Å². The van der Waals surface area contributed by atoms with Crippen molar-refractivity contribution in [3.63, 3.8) is 0 Å². The second kappa shape index (κ2) is 5.26. The lowest BCUT2D eigenvalue weighted by Crippen LogP contribution is -2.48. The van der Waals surface area contributed by atoms with E-state index in [1.807, 2.05) is 6.92 Å². The molecule has 20 heavy (non-hydrogen) atoms. The summed E-state index contributed by atoms with van der Waals surface area (Å²) in [4.78, 5) is 25.4. The minimum Gasteiger partial charge on any atom is -0.481 e. The van der Waals surface area contributed by atoms with Gasteiger partial charge < -0.3 is 15.3 Å². The summed E-state index contributed by atoms with van der Waals surface area (Å²) in [6.45, 7) is 7.12. The Balaban J connectivity index is 1.97. The van der Waals surface area contributed by atoms with Gasteiger partial charge in [-0.25, -0.2) is 4.79 Å². The Labute approximate surface area is 120 Å². The minimum atomic E-state index is -0.781. The summed E-state index contributed by atoms with van der Waals surface area (Å²) in [5, 5.41) is 12.5. The number of urea groups is 1. The number of nitrogens with zero attached hydrogens (tertiary/aromatic N) is 1. The second-order valence-electron chi connectivity index (χ2n) is 6.99. The second-order valence-corrected chi connectivity index (χ2v) is 6.99. The normalized spacial score (nSPS) is 32.4. The summed E-state index contributed by atoms with van der Waals surface area (Å²) in [5.74, 6) is -0.781. The molecule has 0 aromatic heterocycles. The Morgan fingerprint density at radius 1 is 1.35 bits per heavy atom. The Bertz CT molecular complexity index is 408. The van der Waals surface area contributed by atoms with Crippen LogP contribution in [0.15, 0.2) is 0 Å². The van der Waals surface area contributed by atoms with Crippen LogP contribution in [0.25, 0.3) is 0 Å². The van der Waals surface area contributed by atoms with Crippen molar-refractivity contribution >= 4 is 12.0 Å². The maximum Gasteiger partial charge on any atom is 0.317 e. The number of carbonyl (C=O) groups is 2. The van der Waals surface area contributed by atoms with Crippen molar-refractivity contribution in [3.05, 3.63) is 0 Å². The van der Waals surface area contributed by atoms with Crippen LogP contribution in [0.2, 0.25) is 0 Å². The zero-order chi connectivity index (χ0) is 15.0. The van der Waals surface area contributed by atoms with Crippen molar-refractivity contribution in [2.75, 3.05) is 13.1 Å². The van der Waals surface area contributed by atoms with Crippen LogP contribution in [-0.4, -0.2) is 41.1 Å². The molecule has 2 N–H and O–H groups in total. The van der Waals surface area contributed by atoms with Crippen LogP contribution in [0.5, 0.6) is 0 Å². The molecule has 2 fully saturated rings. The molecule has 5 nitrogen and oxygen atoms in total. The maximum atomic E-state index is 12.3. The molecule has 1 saturated heterocycles. The van der Waals surface area contributed by atoms with E-state index >= 15 is 0 Å². The molecule has 2 aliphatic rings. The molecule has 2 amide bonds. The van der Waals surface area contributed by atoms with Crippen molar-refractivity contribution in [1.82, 2.24) is 10.2 Å². The van der Waals surface area contributed by atoms with E-state index in [1.165, 1.54) is 0 Å². The van der Waals surface area contributed by atoms with E-state index in [2.05, 4.69) is 19.2 Å². The van der Waals surface area contributed by atoms with Crippen molar-refractivity contribution in [2.24, 2.45) is 10.8 Å². The van der Waals surface area contributed by atoms with Crippen LogP contribution in [0.4, 0.5) is 4.79 Å². The molecule has 0 bridgehead atoms. The summed E-state index contributed by atoms with van der Waals surface area (Å²) < 4.78 is 0. The fourth-order valence-corrected chi connectivity index (χ4v) is 3.49. The number of carboxylic acids is 1. The molecular formula is C15H26N2O3. The zero-order valence-electron chi connectivity index (χ0n) is 12.7. The molecule has 2 unspecified atom stereocenters. The molecular weight excluding hydrogens is 256 g/mol. The molecule has 1 heterocycles. The Morgan fingerprint density at radius 2 is 2.05 bits per heavy atom. The van der Waals surface area contributed by atoms with Crippen LogP contribution in [0.3, 0.4) is 0 Å². The largest absolute Gasteiger partial charge is 0.481 e. The van der Waals surface area contributed by atoms with Gasteiger partial charge >= 0.3 is 12.0 Å². The van der Waals surface area contributed by atoms with E-state index in [0.29, 0.717) is 25.9 Å². The summed E-state index contributed by atoms with van der Waals surface area (Å²) >= 11 is 0. The first-order chi connectivity index (χ1) is 9.31. The molecule has 114 valence electrons. The molecule has 1 aliphatic carbocycles. The molecule has 0 radical (unpaired) electrons. The highest BCUT2D eigenvalue weighted by Crippen LogP contribution is 2.38. The highest BCUT2D eigenvalue weighted by Gasteiger charge is 2.45. The van der Waals surface area contributed by atoms with Crippen molar-refractivity contribution in [1.29, 1.82) is 0 Å². The van der Waals surface area contributed by atoms with Gasteiger partial charge in [-0.15, -0.1) is 0 Å². The topological polar surface area (TPSA) is 69.6 Å². The summed E-state index contributed by atoms with van der Waals surface area (Å²) in [6, 6.07) is 0.109. The number of nitrogens with one attached hydrogen (secondary N) is 1. The van der Waals surface area contributed by atoms with Gasteiger partial charge in [0.1, 0.15) is 0 Å². The van der Waals surface area contributed by atoms with Gasteiger partial charge in [0.25, 0.3) is 0 Å². The van der Waals surface area contributed by atoms with Crippen LogP contribution in [-0.2, 0) is 4.79 Å². The fourth-order valence-electron chi connectivity index (χ4n) is 3.49. The van der Waals surface area contributed by atoms with Gasteiger partial charge in [0.2, 0.25) is 0 Å². The first kappa shape index (κ1) is 15.1. The van der Waals surface area contributed by atoms with E-state index in [-0.39, 0.29) is 17.5 Å². The van der Waals surface area contributed by atoms with Gasteiger partial charge in [0.15, 0.2) is 0 Å². The smallest absolute Gasteiger partial charge is 0.317 e. The first-order valence-electron chi connectivity index (χ1n) is 7.59. The number of amides is 2. The summed E-state index contributed by atoms with van der Waals surface area (Å²) in [7, 11) is 0. The molecule has 2 atom stereocenters. The third-order valence-electron chi connectivity index (χ3n) is 5.33. The van der Waals surface area contributed by atoms with E-state index in [0.717, 1.165) is 19.3 Å². The van der Waals surface area contributed by atoms with E-state index in [4.69, 9.17) is 0 Å². The van der Waals surface area contributed by atoms with Gasteiger partial charge in [-0.3, -0.25) is 4.79 Å². The van der Waals surface area contributed by atoms with Gasteiger partial charge in [-0.05, 0) is 31.1 Å². The van der Waals surface area contributed by atoms with Crippen LogP contribution in [0, 0.1) is 10.8 Å². The first-order valence-corrected chi connectivity index (χ1v) is 7.59. The van der Waals surface area contributed by atoms with Gasteiger partial charge in [0, 0.05) is 19.1 Å². The number of carbonyl (C=O) groups excluding carboxylic acids is 1. The van der Waals surface area contributed by atoms with E-state index < -0.39 is 11.4 Å². The highest BCUT2D eigenvalue weighted by atomic mass is 16.4. The minimum absolute atomic E-state index is 0.0958. The van der Waals surface area contributed by atoms with Gasteiger partial charge in [-0.2, -0.15) is 0 Å². The molecule has 1 aliphatic heterocycles. The predicted octanol–water partition coefficient (Wildman–Crippen LogP) is 2.46. The highest BCUT2D eigenvalue weighted by molar-refractivity contribution is 5.80. The Hall–Kier alpha value is -1.26. The lowest BCUT2D eigenvalue weighted by Gasteiger charge is -2.30. The maximum absolute atomic E-state index is 12.3. The SMILES string of the molecule is CCC1(C(=O)O)CCN(C(=O)NC2CCCC2(C)C)C1. The monoisotopic (exact) mass is 282 g/mol. The summed E-state index contributed by atoms with van der Waals surface area (Å²) in [5.41, 5.74) is -0.605. The molecule has 2 rings (SSSR count). The molecule has 0 spiro atoms. The van der Waals surface area contributed by atoms with Crippen molar-refractivity contribution in [2.45, 2.75) is 58.9 Å². The summed E-state index contributed by atoms with van der Waals surface area (Å²) in [6.07, 6.45) is 4.42. The Kier molecular flexibility index (Phi) is 3.98. The number of rotatable bonds is 3. The fraction of sp³-hybridized carbons (Fsp3) is 0.867. The standard InChI is InChI=1S/C15H26N2O3/c1-4-15(12(18)19)8-9-17(10-15)13(20)16-11-6-5-7-14(11,2)3/h11H,4-10H2,1-3H3,(H,16,20)(H,18,19). The number of hydrogen-bond donors (Lipinski definition) is 2. The molecule has 1 saturated carbocycles. The van der Waals surface area contributed by atoms with Crippen molar-refractivity contribution in [3.8, 4) is 0 Å². The number of hydrogen-bond acceptors (Lipinski definition) is 2. The third-order valence-corrected chi connectivity index (χ3v) is 5.33. The molecule has 5 heteroatoms. The lowest BCUT2D eigenvalue weighted by molar-refractivity contribution is -0.148. The third kappa shape index (κ3) is 2.63. The average molecular weight is 282 g/mol. The zero-order valence-corrected chi connectivity index (χ0v) is 12.7. The quantitative estimate of drug-likeness (QED) is 0.835. The number of likely N-dealkylation sites (tertiary alicyclic amines) is 1. The lowest BCUT2D eigenvalue weighted by atomic mass is 9.84. The van der Waals surface area contributed by atoms with E-state index in [9.17, 15) is 14.7 Å². The van der Waals surface area contributed by atoms with Gasteiger partial charge in [0.05, 0.1) is 5.41 Å². The Morgan fingerprint density at radius 3 is 2.50 bits per heavy atom.